The van der Waals surface area contributed by atoms with Crippen molar-refractivity contribution in [1.82, 2.24) is 4.72 Å². The Balaban J connectivity index is 3.14. The lowest BCUT2D eigenvalue weighted by Crippen LogP contribution is -2.33. The highest BCUT2D eigenvalue weighted by Gasteiger charge is 2.21. The lowest BCUT2D eigenvalue weighted by molar-refractivity contribution is -0.138. The molecule has 0 spiro atoms. The minimum atomic E-state index is -3.62. The van der Waals surface area contributed by atoms with Gasteiger partial charge < -0.3 is 9.64 Å². The molecule has 1 aromatic rings. The number of methoxy groups -OCH3 is 1. The Morgan fingerprint density at radius 3 is 2.50 bits per heavy atom. The van der Waals surface area contributed by atoms with Crippen LogP contribution in [0, 0.1) is 0 Å². The second-order valence-electron chi connectivity index (χ2n) is 4.68. The van der Waals surface area contributed by atoms with Crippen LogP contribution in [0.5, 0.6) is 0 Å². The molecular formula is C13H20N2O4S. The van der Waals surface area contributed by atoms with Crippen molar-refractivity contribution in [2.24, 2.45) is 0 Å². The van der Waals surface area contributed by atoms with Gasteiger partial charge in [0.1, 0.15) is 11.4 Å². The summed E-state index contributed by atoms with van der Waals surface area (Å²) >= 11 is 0. The molecule has 0 aliphatic rings. The summed E-state index contributed by atoms with van der Waals surface area (Å²) in [6, 6.07) is 6.31. The molecule has 0 bridgehead atoms. The van der Waals surface area contributed by atoms with Gasteiger partial charge in [0, 0.05) is 13.1 Å². The molecule has 0 aliphatic carbocycles. The fourth-order valence-electron chi connectivity index (χ4n) is 1.72. The van der Waals surface area contributed by atoms with E-state index >= 15 is 0 Å². The van der Waals surface area contributed by atoms with Crippen LogP contribution in [0.15, 0.2) is 29.2 Å². The highest BCUT2D eigenvalue weighted by atomic mass is 32.2. The number of sulfonamides is 1. The number of likely N-dealkylation sites (N-methyl/N-ethyl adjacent to an activating group) is 1. The molecule has 1 rings (SSSR count). The van der Waals surface area contributed by atoms with Gasteiger partial charge in [0.05, 0.1) is 12.8 Å². The van der Waals surface area contributed by atoms with Crippen molar-refractivity contribution in [3.8, 4) is 0 Å². The standard InChI is InChI=1S/C13H20N2O4S/c1-10(2)14-20(17,18)12-8-6-5-7-11(12)15(3)9-13(16)19-4/h5-8,10,14H,9H2,1-4H3. The predicted octanol–water partition coefficient (Wildman–Crippen LogP) is 0.982. The molecule has 0 aromatic heterocycles. The molecule has 20 heavy (non-hydrogen) atoms. The Kier molecular flexibility index (Phi) is 5.52. The number of nitrogens with one attached hydrogen (secondary N) is 1. The molecule has 0 radical (unpaired) electrons. The topological polar surface area (TPSA) is 75.7 Å². The number of hydrogen-bond donors (Lipinski definition) is 1. The first kappa shape index (κ1) is 16.5. The molecule has 112 valence electrons. The van der Waals surface area contributed by atoms with Crippen LogP contribution in [0.2, 0.25) is 0 Å². The third-order valence-electron chi connectivity index (χ3n) is 2.55. The van der Waals surface area contributed by atoms with Gasteiger partial charge in [-0.1, -0.05) is 12.1 Å². The summed E-state index contributed by atoms with van der Waals surface area (Å²) in [5.74, 6) is -0.434. The first-order valence-corrected chi connectivity index (χ1v) is 7.65. The zero-order valence-electron chi connectivity index (χ0n) is 12.1. The van der Waals surface area contributed by atoms with Gasteiger partial charge in [-0.15, -0.1) is 0 Å². The first-order chi connectivity index (χ1) is 9.27. The highest BCUT2D eigenvalue weighted by molar-refractivity contribution is 7.89. The zero-order chi connectivity index (χ0) is 15.3. The van der Waals surface area contributed by atoms with E-state index in [1.807, 2.05) is 0 Å². The average molecular weight is 300 g/mol. The Morgan fingerprint density at radius 1 is 1.35 bits per heavy atom. The van der Waals surface area contributed by atoms with Crippen molar-refractivity contribution in [2.45, 2.75) is 24.8 Å². The molecule has 0 aliphatic heterocycles. The van der Waals surface area contributed by atoms with E-state index in [-0.39, 0.29) is 17.5 Å². The molecule has 1 N–H and O–H groups in total. The van der Waals surface area contributed by atoms with E-state index in [1.54, 1.807) is 44.0 Å². The second-order valence-corrected chi connectivity index (χ2v) is 6.36. The number of rotatable bonds is 6. The number of nitrogens with zero attached hydrogens (tertiary/aromatic N) is 1. The number of benzene rings is 1. The van der Waals surface area contributed by atoms with Crippen molar-refractivity contribution >= 4 is 21.7 Å². The van der Waals surface area contributed by atoms with Crippen LogP contribution in [0.3, 0.4) is 0 Å². The van der Waals surface area contributed by atoms with Crippen molar-refractivity contribution in [3.05, 3.63) is 24.3 Å². The van der Waals surface area contributed by atoms with Gasteiger partial charge in [-0.2, -0.15) is 0 Å². The van der Waals surface area contributed by atoms with Crippen LogP contribution in [-0.4, -0.2) is 41.1 Å². The predicted molar refractivity (Wildman–Crippen MR) is 77.2 cm³/mol. The fraction of sp³-hybridized carbons (Fsp3) is 0.462. The van der Waals surface area contributed by atoms with E-state index in [2.05, 4.69) is 9.46 Å². The maximum Gasteiger partial charge on any atom is 0.325 e. The van der Waals surface area contributed by atoms with Gasteiger partial charge in [-0.05, 0) is 26.0 Å². The van der Waals surface area contributed by atoms with E-state index in [1.165, 1.54) is 13.2 Å². The lowest BCUT2D eigenvalue weighted by Gasteiger charge is -2.21. The minimum absolute atomic E-state index is 0.0231. The van der Waals surface area contributed by atoms with Crippen molar-refractivity contribution in [1.29, 1.82) is 0 Å². The number of esters is 1. The summed E-state index contributed by atoms with van der Waals surface area (Å²) < 4.78 is 31.7. The average Bonchev–Trinajstić information content (AvgIpc) is 2.37. The Labute approximate surface area is 119 Å². The molecule has 0 heterocycles. The minimum Gasteiger partial charge on any atom is -0.468 e. The number of anilines is 1. The Hall–Kier alpha value is -1.60. The van der Waals surface area contributed by atoms with Crippen molar-refractivity contribution in [3.63, 3.8) is 0 Å². The molecule has 0 unspecified atom stereocenters. The van der Waals surface area contributed by atoms with Crippen LogP contribution in [0.4, 0.5) is 5.69 Å². The molecule has 6 nitrogen and oxygen atoms in total. The van der Waals surface area contributed by atoms with E-state index < -0.39 is 16.0 Å². The van der Waals surface area contributed by atoms with E-state index in [0.717, 1.165) is 0 Å². The molecule has 0 atom stereocenters. The molecule has 1 aromatic carbocycles. The molecule has 0 saturated carbocycles. The largest absolute Gasteiger partial charge is 0.468 e. The fourth-order valence-corrected chi connectivity index (χ4v) is 3.22. The van der Waals surface area contributed by atoms with Gasteiger partial charge in [0.15, 0.2) is 0 Å². The lowest BCUT2D eigenvalue weighted by atomic mass is 10.3. The molecule has 0 amide bonds. The SMILES string of the molecule is COC(=O)CN(C)c1ccccc1S(=O)(=O)NC(C)C. The van der Waals surface area contributed by atoms with Crippen molar-refractivity contribution in [2.75, 3.05) is 25.6 Å². The van der Waals surface area contributed by atoms with Gasteiger partial charge in [-0.25, -0.2) is 13.1 Å². The summed E-state index contributed by atoms with van der Waals surface area (Å²) in [4.78, 5) is 13.0. The number of carbonyl (C=O) groups excluding carboxylic acids is 1. The highest BCUT2D eigenvalue weighted by Crippen LogP contribution is 2.24. The van der Waals surface area contributed by atoms with Gasteiger partial charge in [0.2, 0.25) is 10.0 Å². The summed E-state index contributed by atoms with van der Waals surface area (Å²) in [7, 11) is -0.691. The zero-order valence-corrected chi connectivity index (χ0v) is 12.9. The first-order valence-electron chi connectivity index (χ1n) is 6.17. The van der Waals surface area contributed by atoms with E-state index in [0.29, 0.717) is 5.69 Å². The molecule has 0 saturated heterocycles. The monoisotopic (exact) mass is 300 g/mol. The smallest absolute Gasteiger partial charge is 0.325 e. The molecular weight excluding hydrogens is 280 g/mol. The third-order valence-corrected chi connectivity index (χ3v) is 4.26. The summed E-state index contributed by atoms with van der Waals surface area (Å²) in [5.41, 5.74) is 0.450. The maximum atomic E-state index is 12.3. The van der Waals surface area contributed by atoms with Gasteiger partial charge in [-0.3, -0.25) is 4.79 Å². The van der Waals surface area contributed by atoms with Crippen LogP contribution in [0.25, 0.3) is 0 Å². The second kappa shape index (κ2) is 6.71. The number of hydrogen-bond acceptors (Lipinski definition) is 5. The van der Waals surface area contributed by atoms with Crippen LogP contribution >= 0.6 is 0 Å². The number of carbonyl (C=O) groups is 1. The van der Waals surface area contributed by atoms with E-state index in [4.69, 9.17) is 0 Å². The normalized spacial score (nSPS) is 11.4. The number of para-hydroxylation sites is 1. The van der Waals surface area contributed by atoms with Crippen LogP contribution in [0.1, 0.15) is 13.8 Å². The quantitative estimate of drug-likeness (QED) is 0.793. The Morgan fingerprint density at radius 2 is 1.95 bits per heavy atom. The number of ether oxygens (including phenoxy) is 1. The summed E-state index contributed by atoms with van der Waals surface area (Å²) in [6.07, 6.45) is 0. The third kappa shape index (κ3) is 4.21. The van der Waals surface area contributed by atoms with E-state index in [9.17, 15) is 13.2 Å². The van der Waals surface area contributed by atoms with Gasteiger partial charge in [0.25, 0.3) is 0 Å². The van der Waals surface area contributed by atoms with Crippen molar-refractivity contribution < 1.29 is 17.9 Å². The van der Waals surface area contributed by atoms with Crippen LogP contribution in [-0.2, 0) is 19.6 Å². The summed E-state index contributed by atoms with van der Waals surface area (Å²) in [6.45, 7) is 3.47. The maximum absolute atomic E-state index is 12.3. The Bertz CT molecular complexity index is 569. The molecule has 0 fully saturated rings. The van der Waals surface area contributed by atoms with Crippen LogP contribution < -0.4 is 9.62 Å². The van der Waals surface area contributed by atoms with Gasteiger partial charge >= 0.3 is 5.97 Å². The molecule has 7 heteroatoms. The summed E-state index contributed by atoms with van der Waals surface area (Å²) in [5, 5.41) is 0.